The number of halogens is 2. The van der Waals surface area contributed by atoms with Crippen molar-refractivity contribution >= 4 is 45.7 Å². The summed E-state index contributed by atoms with van der Waals surface area (Å²) in [5.41, 5.74) is 1.36. The second-order valence-corrected chi connectivity index (χ2v) is 6.05. The molecule has 1 heterocycles. The first-order chi connectivity index (χ1) is 11.5. The smallest absolute Gasteiger partial charge is 0.265 e. The van der Waals surface area contributed by atoms with Gasteiger partial charge >= 0.3 is 0 Å². The molecule has 4 nitrogen and oxygen atoms in total. The average Bonchev–Trinajstić information content (AvgIpc) is 2.57. The number of hydrogen-bond acceptors (Lipinski definition) is 3. The second kappa shape index (κ2) is 7.07. The molecule has 0 saturated heterocycles. The molecule has 6 heteroatoms. The van der Waals surface area contributed by atoms with Crippen molar-refractivity contribution in [2.24, 2.45) is 0 Å². The zero-order valence-electron chi connectivity index (χ0n) is 12.8. The molecule has 0 aliphatic carbocycles. The number of carbonyl (C=O) groups is 1. The van der Waals surface area contributed by atoms with Crippen LogP contribution >= 0.6 is 23.2 Å². The first-order valence-electron chi connectivity index (χ1n) is 7.31. The summed E-state index contributed by atoms with van der Waals surface area (Å²) < 4.78 is 5.62. The number of aromatic nitrogens is 1. The lowest BCUT2D eigenvalue weighted by Gasteiger charge is -2.16. The van der Waals surface area contributed by atoms with E-state index in [2.05, 4.69) is 10.3 Å². The van der Waals surface area contributed by atoms with Crippen molar-refractivity contribution < 1.29 is 9.53 Å². The van der Waals surface area contributed by atoms with Crippen molar-refractivity contribution in [3.8, 4) is 5.75 Å². The lowest BCUT2D eigenvalue weighted by Crippen LogP contribution is -2.30. The number of fused-ring (bicyclic) bond motifs is 1. The topological polar surface area (TPSA) is 51.2 Å². The van der Waals surface area contributed by atoms with Crippen LogP contribution in [0.3, 0.4) is 0 Å². The molecule has 1 aromatic heterocycles. The van der Waals surface area contributed by atoms with Crippen LogP contribution in [0.2, 0.25) is 10.0 Å². The minimum absolute atomic E-state index is 0.292. The Morgan fingerprint density at radius 3 is 2.75 bits per heavy atom. The van der Waals surface area contributed by atoms with Crippen LogP contribution in [0.4, 0.5) is 5.69 Å². The van der Waals surface area contributed by atoms with E-state index in [1.165, 1.54) is 0 Å². The molecular weight excluding hydrogens is 347 g/mol. The first-order valence-corrected chi connectivity index (χ1v) is 8.06. The van der Waals surface area contributed by atoms with Crippen molar-refractivity contribution in [3.63, 3.8) is 0 Å². The number of para-hydroxylation sites is 1. The predicted octanol–water partition coefficient (Wildman–Crippen LogP) is 4.95. The van der Waals surface area contributed by atoms with Gasteiger partial charge in [-0.25, -0.2) is 0 Å². The Kier molecular flexibility index (Phi) is 4.88. The normalized spacial score (nSPS) is 12.0. The summed E-state index contributed by atoms with van der Waals surface area (Å²) in [4.78, 5) is 16.7. The first kappa shape index (κ1) is 16.6. The van der Waals surface area contributed by atoms with Crippen molar-refractivity contribution in [2.75, 3.05) is 5.32 Å². The maximum absolute atomic E-state index is 12.4. The van der Waals surface area contributed by atoms with E-state index in [0.717, 1.165) is 10.9 Å². The fourth-order valence-electron chi connectivity index (χ4n) is 2.25. The number of anilines is 1. The highest BCUT2D eigenvalue weighted by molar-refractivity contribution is 6.35. The van der Waals surface area contributed by atoms with E-state index >= 15 is 0 Å². The number of amides is 1. The number of rotatable bonds is 4. The van der Waals surface area contributed by atoms with E-state index in [9.17, 15) is 4.79 Å². The molecule has 0 spiro atoms. The molecule has 0 radical (unpaired) electrons. The molecule has 2 aromatic carbocycles. The summed E-state index contributed by atoms with van der Waals surface area (Å²) in [6.45, 7) is 1.65. The van der Waals surface area contributed by atoms with Gasteiger partial charge in [-0.2, -0.15) is 0 Å². The standard InChI is InChI=1S/C18H14Cl2N2O2/c1-11(24-16-8-7-13(19)10-14(16)20)18(23)22-15-6-2-4-12-5-3-9-21-17(12)15/h2-11H,1H3,(H,22,23)/t11-/m1/s1. The number of hydrogen-bond donors (Lipinski definition) is 1. The summed E-state index contributed by atoms with van der Waals surface area (Å²) in [7, 11) is 0. The van der Waals surface area contributed by atoms with Gasteiger partial charge in [-0.05, 0) is 37.3 Å². The summed E-state index contributed by atoms with van der Waals surface area (Å²) >= 11 is 11.9. The molecule has 122 valence electrons. The van der Waals surface area contributed by atoms with Gasteiger partial charge in [0.25, 0.3) is 5.91 Å². The van der Waals surface area contributed by atoms with E-state index in [4.69, 9.17) is 27.9 Å². The number of pyridine rings is 1. The Labute approximate surface area is 149 Å². The average molecular weight is 361 g/mol. The largest absolute Gasteiger partial charge is 0.479 e. The molecular formula is C18H14Cl2N2O2. The van der Waals surface area contributed by atoms with Crippen LogP contribution in [0.5, 0.6) is 5.75 Å². The van der Waals surface area contributed by atoms with Gasteiger partial charge in [-0.3, -0.25) is 9.78 Å². The van der Waals surface area contributed by atoms with Crippen molar-refractivity contribution in [2.45, 2.75) is 13.0 Å². The minimum Gasteiger partial charge on any atom is -0.479 e. The van der Waals surface area contributed by atoms with Gasteiger partial charge in [-0.1, -0.05) is 41.4 Å². The van der Waals surface area contributed by atoms with Crippen LogP contribution in [0.1, 0.15) is 6.92 Å². The van der Waals surface area contributed by atoms with Crippen molar-refractivity contribution in [1.82, 2.24) is 4.98 Å². The lowest BCUT2D eigenvalue weighted by molar-refractivity contribution is -0.122. The molecule has 0 saturated carbocycles. The Balaban J connectivity index is 1.76. The molecule has 1 amide bonds. The van der Waals surface area contributed by atoms with Gasteiger partial charge in [0, 0.05) is 16.6 Å². The van der Waals surface area contributed by atoms with Crippen LogP contribution in [-0.4, -0.2) is 17.0 Å². The van der Waals surface area contributed by atoms with E-state index in [1.807, 2.05) is 24.3 Å². The number of nitrogens with zero attached hydrogens (tertiary/aromatic N) is 1. The van der Waals surface area contributed by atoms with Gasteiger partial charge in [0.2, 0.25) is 0 Å². The van der Waals surface area contributed by atoms with Gasteiger partial charge in [0.05, 0.1) is 16.2 Å². The molecule has 0 bridgehead atoms. The fraction of sp³-hybridized carbons (Fsp3) is 0.111. The monoisotopic (exact) mass is 360 g/mol. The van der Waals surface area contributed by atoms with Crippen LogP contribution in [0.15, 0.2) is 54.7 Å². The Bertz CT molecular complexity index is 894. The third-order valence-corrected chi connectivity index (χ3v) is 3.99. The number of benzene rings is 2. The van der Waals surface area contributed by atoms with Gasteiger partial charge in [0.15, 0.2) is 6.10 Å². The molecule has 3 aromatic rings. The zero-order valence-corrected chi connectivity index (χ0v) is 14.3. The molecule has 1 atom stereocenters. The Morgan fingerprint density at radius 2 is 1.96 bits per heavy atom. The predicted molar refractivity (Wildman–Crippen MR) is 96.9 cm³/mol. The maximum atomic E-state index is 12.4. The highest BCUT2D eigenvalue weighted by Crippen LogP contribution is 2.28. The summed E-state index contributed by atoms with van der Waals surface area (Å²) in [6, 6.07) is 14.2. The fourth-order valence-corrected chi connectivity index (χ4v) is 2.71. The maximum Gasteiger partial charge on any atom is 0.265 e. The molecule has 3 rings (SSSR count). The van der Waals surface area contributed by atoms with Crippen LogP contribution in [-0.2, 0) is 4.79 Å². The van der Waals surface area contributed by atoms with E-state index in [1.54, 1.807) is 37.4 Å². The Morgan fingerprint density at radius 1 is 1.17 bits per heavy atom. The minimum atomic E-state index is -0.734. The number of ether oxygens (including phenoxy) is 1. The molecule has 0 fully saturated rings. The van der Waals surface area contributed by atoms with E-state index in [-0.39, 0.29) is 5.91 Å². The summed E-state index contributed by atoms with van der Waals surface area (Å²) in [6.07, 6.45) is 0.952. The Hall–Kier alpha value is -2.30. The number of nitrogens with one attached hydrogen (secondary N) is 1. The molecule has 0 aliphatic heterocycles. The molecule has 0 aliphatic rings. The third kappa shape index (κ3) is 3.61. The molecule has 1 N–H and O–H groups in total. The summed E-state index contributed by atoms with van der Waals surface area (Å²) in [5, 5.41) is 4.65. The van der Waals surface area contributed by atoms with Crippen LogP contribution in [0, 0.1) is 0 Å². The quantitative estimate of drug-likeness (QED) is 0.716. The van der Waals surface area contributed by atoms with Crippen LogP contribution < -0.4 is 10.1 Å². The highest BCUT2D eigenvalue weighted by atomic mass is 35.5. The van der Waals surface area contributed by atoms with E-state index in [0.29, 0.717) is 21.5 Å². The van der Waals surface area contributed by atoms with Gasteiger partial charge < -0.3 is 10.1 Å². The molecule has 0 unspecified atom stereocenters. The molecule has 24 heavy (non-hydrogen) atoms. The van der Waals surface area contributed by atoms with Crippen molar-refractivity contribution in [3.05, 3.63) is 64.8 Å². The number of carbonyl (C=O) groups excluding carboxylic acids is 1. The van der Waals surface area contributed by atoms with Gasteiger partial charge in [-0.15, -0.1) is 0 Å². The van der Waals surface area contributed by atoms with E-state index < -0.39 is 6.10 Å². The second-order valence-electron chi connectivity index (χ2n) is 5.20. The van der Waals surface area contributed by atoms with Crippen molar-refractivity contribution in [1.29, 1.82) is 0 Å². The summed E-state index contributed by atoms with van der Waals surface area (Å²) in [5.74, 6) is 0.110. The van der Waals surface area contributed by atoms with Gasteiger partial charge in [0.1, 0.15) is 5.75 Å². The van der Waals surface area contributed by atoms with Crippen LogP contribution in [0.25, 0.3) is 10.9 Å². The zero-order chi connectivity index (χ0) is 17.1. The lowest BCUT2D eigenvalue weighted by atomic mass is 10.2. The third-order valence-electron chi connectivity index (χ3n) is 3.46. The SMILES string of the molecule is C[C@@H](Oc1ccc(Cl)cc1Cl)C(=O)Nc1cccc2cccnc12. The highest BCUT2D eigenvalue weighted by Gasteiger charge is 2.17.